The molecule has 0 heterocycles. The summed E-state index contributed by atoms with van der Waals surface area (Å²) >= 11 is 0. The molecule has 26 heavy (non-hydrogen) atoms. The van der Waals surface area contributed by atoms with Crippen LogP contribution in [0.25, 0.3) is 0 Å². The van der Waals surface area contributed by atoms with Crippen molar-refractivity contribution in [3.63, 3.8) is 0 Å². The van der Waals surface area contributed by atoms with Crippen LogP contribution >= 0.6 is 0 Å². The first-order chi connectivity index (χ1) is 12.8. The molecule has 0 aliphatic heterocycles. The fourth-order valence-corrected chi connectivity index (χ4v) is 2.18. The molecule has 0 atom stereocenters. The fraction of sp³-hybridized carbons (Fsp3) is 0.190. The molecule has 0 bridgehead atoms. The van der Waals surface area contributed by atoms with Gasteiger partial charge in [-0.05, 0) is 24.6 Å². The van der Waals surface area contributed by atoms with E-state index in [-0.39, 0.29) is 0 Å². The largest absolute Gasteiger partial charge is 0.393 e. The summed E-state index contributed by atoms with van der Waals surface area (Å²) in [7, 11) is 1.87. The van der Waals surface area contributed by atoms with Gasteiger partial charge in [0.15, 0.2) is 5.82 Å². The quantitative estimate of drug-likeness (QED) is 0.391. The molecule has 0 aliphatic carbocycles. The van der Waals surface area contributed by atoms with E-state index < -0.39 is 0 Å². The number of hydrazine groups is 1. The number of benzene rings is 2. The van der Waals surface area contributed by atoms with Crippen molar-refractivity contribution < 1.29 is 0 Å². The van der Waals surface area contributed by atoms with Gasteiger partial charge < -0.3 is 16.0 Å². The van der Waals surface area contributed by atoms with Crippen LogP contribution in [0.15, 0.2) is 90.8 Å². The summed E-state index contributed by atoms with van der Waals surface area (Å²) in [6.45, 7) is 3.59. The minimum Gasteiger partial charge on any atom is -0.393 e. The maximum absolute atomic E-state index is 3.44. The molecule has 0 radical (unpaired) electrons. The zero-order valence-electron chi connectivity index (χ0n) is 15.4. The van der Waals surface area contributed by atoms with Crippen molar-refractivity contribution in [2.45, 2.75) is 13.5 Å². The van der Waals surface area contributed by atoms with E-state index in [1.54, 1.807) is 0 Å². The average molecular weight is 349 g/mol. The number of nitrogens with zero attached hydrogens (tertiary/aromatic N) is 1. The van der Waals surface area contributed by atoms with Crippen LogP contribution in [0.2, 0.25) is 0 Å². The van der Waals surface area contributed by atoms with Crippen LogP contribution in [0.3, 0.4) is 0 Å². The molecule has 0 unspecified atom stereocenters. The highest BCUT2D eigenvalue weighted by Gasteiger charge is 2.06. The zero-order chi connectivity index (χ0) is 18.5. The Morgan fingerprint density at radius 2 is 1.73 bits per heavy atom. The van der Waals surface area contributed by atoms with Crippen LogP contribution in [-0.4, -0.2) is 18.6 Å². The SMILES string of the molecule is CCNC=C=C(NCc1ccccc1)N(C=CNC)Nc1ccccc1. The highest BCUT2D eigenvalue weighted by Crippen LogP contribution is 2.11. The molecule has 5 nitrogen and oxygen atoms in total. The second-order valence-corrected chi connectivity index (χ2v) is 5.49. The Balaban J connectivity index is 2.21. The first-order valence-corrected chi connectivity index (χ1v) is 8.74. The van der Waals surface area contributed by atoms with E-state index in [9.17, 15) is 0 Å². The second-order valence-electron chi connectivity index (χ2n) is 5.49. The lowest BCUT2D eigenvalue weighted by molar-refractivity contribution is 0.494. The minimum absolute atomic E-state index is 0.698. The van der Waals surface area contributed by atoms with E-state index in [0.29, 0.717) is 6.54 Å². The summed E-state index contributed by atoms with van der Waals surface area (Å²) in [5.74, 6) is 0.796. The third kappa shape index (κ3) is 6.67. The van der Waals surface area contributed by atoms with Crippen LogP contribution in [-0.2, 0) is 6.54 Å². The summed E-state index contributed by atoms with van der Waals surface area (Å²) in [6.07, 6.45) is 5.59. The Morgan fingerprint density at radius 1 is 1.04 bits per heavy atom. The molecule has 0 aromatic heterocycles. The predicted molar refractivity (Wildman–Crippen MR) is 109 cm³/mol. The molecular formula is C21H27N5. The Bertz CT molecular complexity index is 719. The van der Waals surface area contributed by atoms with Crippen LogP contribution in [0.5, 0.6) is 0 Å². The molecule has 0 spiro atoms. The number of anilines is 1. The van der Waals surface area contributed by atoms with Gasteiger partial charge in [0.05, 0.1) is 5.69 Å². The topological polar surface area (TPSA) is 51.4 Å². The molecule has 4 N–H and O–H groups in total. The Kier molecular flexibility index (Phi) is 8.26. The molecular weight excluding hydrogens is 322 g/mol. The molecule has 136 valence electrons. The number of rotatable bonds is 10. The summed E-state index contributed by atoms with van der Waals surface area (Å²) < 4.78 is 0. The summed E-state index contributed by atoms with van der Waals surface area (Å²) in [4.78, 5) is 0. The molecule has 0 aliphatic rings. The fourth-order valence-electron chi connectivity index (χ4n) is 2.18. The lowest BCUT2D eigenvalue weighted by Crippen LogP contribution is -2.32. The molecule has 2 aromatic carbocycles. The highest BCUT2D eigenvalue weighted by molar-refractivity contribution is 5.42. The zero-order valence-corrected chi connectivity index (χ0v) is 15.4. The van der Waals surface area contributed by atoms with E-state index in [4.69, 9.17) is 0 Å². The second kappa shape index (κ2) is 11.3. The molecule has 0 fully saturated rings. The van der Waals surface area contributed by atoms with Crippen molar-refractivity contribution in [3.05, 3.63) is 96.4 Å². The lowest BCUT2D eigenvalue weighted by Gasteiger charge is -2.25. The van der Waals surface area contributed by atoms with Crippen LogP contribution < -0.4 is 21.4 Å². The molecule has 0 saturated carbocycles. The standard InChI is InChI=1S/C21H27N5/c1-3-23-15-14-21(24-18-19-10-6-4-7-11-19)26(17-16-22-2)25-20-12-8-5-9-13-20/h4-13,15-17,22-25H,3,18H2,1-2H3. The van der Waals surface area contributed by atoms with Crippen molar-refractivity contribution in [2.24, 2.45) is 0 Å². The molecule has 0 amide bonds. The van der Waals surface area contributed by atoms with Gasteiger partial charge in [-0.15, -0.1) is 0 Å². The Labute approximate surface area is 156 Å². The third-order valence-electron chi connectivity index (χ3n) is 3.47. The van der Waals surface area contributed by atoms with Crippen molar-refractivity contribution in [1.29, 1.82) is 0 Å². The number of hydrogen-bond acceptors (Lipinski definition) is 5. The van der Waals surface area contributed by atoms with E-state index >= 15 is 0 Å². The number of para-hydroxylation sites is 1. The van der Waals surface area contributed by atoms with Crippen molar-refractivity contribution in [1.82, 2.24) is 21.0 Å². The van der Waals surface area contributed by atoms with Gasteiger partial charge in [0.25, 0.3) is 0 Å². The molecule has 2 rings (SSSR count). The van der Waals surface area contributed by atoms with Gasteiger partial charge in [-0.2, -0.15) is 0 Å². The first-order valence-electron chi connectivity index (χ1n) is 8.74. The Morgan fingerprint density at radius 3 is 2.38 bits per heavy atom. The van der Waals surface area contributed by atoms with Gasteiger partial charge >= 0.3 is 0 Å². The van der Waals surface area contributed by atoms with Crippen LogP contribution in [0.1, 0.15) is 12.5 Å². The van der Waals surface area contributed by atoms with Gasteiger partial charge in [0, 0.05) is 38.7 Å². The maximum atomic E-state index is 3.44. The predicted octanol–water partition coefficient (Wildman–Crippen LogP) is 3.36. The van der Waals surface area contributed by atoms with Gasteiger partial charge in [-0.1, -0.05) is 54.3 Å². The van der Waals surface area contributed by atoms with Crippen LogP contribution in [0, 0.1) is 0 Å². The average Bonchev–Trinajstić information content (AvgIpc) is 2.69. The van der Waals surface area contributed by atoms with Gasteiger partial charge in [0.1, 0.15) is 0 Å². The number of hydrogen-bond donors (Lipinski definition) is 4. The normalized spacial score (nSPS) is 9.92. The van der Waals surface area contributed by atoms with Gasteiger partial charge in [-0.25, -0.2) is 5.01 Å². The monoisotopic (exact) mass is 349 g/mol. The van der Waals surface area contributed by atoms with E-state index in [1.165, 1.54) is 5.56 Å². The van der Waals surface area contributed by atoms with Crippen molar-refractivity contribution in [2.75, 3.05) is 19.0 Å². The van der Waals surface area contributed by atoms with Crippen molar-refractivity contribution >= 4 is 5.69 Å². The van der Waals surface area contributed by atoms with E-state index in [2.05, 4.69) is 46.2 Å². The van der Waals surface area contributed by atoms with Gasteiger partial charge in [0.2, 0.25) is 0 Å². The van der Waals surface area contributed by atoms with E-state index in [0.717, 1.165) is 18.1 Å². The highest BCUT2D eigenvalue weighted by atomic mass is 15.5. The summed E-state index contributed by atoms with van der Waals surface area (Å²) in [6, 6.07) is 20.3. The molecule has 2 aromatic rings. The summed E-state index contributed by atoms with van der Waals surface area (Å²) in [5, 5.41) is 11.5. The summed E-state index contributed by atoms with van der Waals surface area (Å²) in [5.41, 5.74) is 8.83. The third-order valence-corrected chi connectivity index (χ3v) is 3.47. The molecule has 5 heteroatoms. The lowest BCUT2D eigenvalue weighted by atomic mass is 10.2. The smallest absolute Gasteiger partial charge is 0.171 e. The minimum atomic E-state index is 0.698. The van der Waals surface area contributed by atoms with Crippen molar-refractivity contribution in [3.8, 4) is 0 Å². The first kappa shape index (κ1) is 19.0. The molecule has 0 saturated heterocycles. The number of nitrogens with one attached hydrogen (secondary N) is 4. The Hall–Kier alpha value is -3.30. The van der Waals surface area contributed by atoms with Gasteiger partial charge in [-0.3, -0.25) is 5.43 Å². The van der Waals surface area contributed by atoms with Crippen LogP contribution in [0.4, 0.5) is 5.69 Å². The van der Waals surface area contributed by atoms with E-state index in [1.807, 2.05) is 79.2 Å². The maximum Gasteiger partial charge on any atom is 0.171 e.